The SMILES string of the molecule is CCCCCCc1c(-c2ccccc2)c(C(C)C)nn1-c1[c-]c(Oc2[c-]c3c(cc2)c2ccccc2n3-c2cc(C)ccn2)ccc1.[Pt+2]. The van der Waals surface area contributed by atoms with Crippen LogP contribution in [0.15, 0.2) is 103 Å². The van der Waals surface area contributed by atoms with Crippen LogP contribution in [0.25, 0.3) is 44.4 Å². The molecule has 0 N–H and O–H groups in total. The van der Waals surface area contributed by atoms with Gasteiger partial charge in [-0.2, -0.15) is 17.2 Å². The number of hydrogen-bond acceptors (Lipinski definition) is 3. The molecule has 0 aliphatic carbocycles. The van der Waals surface area contributed by atoms with Crippen molar-refractivity contribution in [3.05, 3.63) is 132 Å². The number of nitrogens with zero attached hydrogens (tertiary/aromatic N) is 4. The van der Waals surface area contributed by atoms with Crippen molar-refractivity contribution in [3.63, 3.8) is 0 Å². The summed E-state index contributed by atoms with van der Waals surface area (Å²) in [4.78, 5) is 4.71. The number of aromatic nitrogens is 4. The summed E-state index contributed by atoms with van der Waals surface area (Å²) in [6, 6.07) is 40.5. The fourth-order valence-corrected chi connectivity index (χ4v) is 6.50. The maximum Gasteiger partial charge on any atom is 2.00 e. The summed E-state index contributed by atoms with van der Waals surface area (Å²) >= 11 is 0. The number of unbranched alkanes of at least 4 members (excludes halogenated alkanes) is 3. The number of benzene rings is 4. The third-order valence-electron chi connectivity index (χ3n) is 8.77. The molecule has 7 rings (SSSR count). The van der Waals surface area contributed by atoms with Crippen molar-refractivity contribution in [1.29, 1.82) is 0 Å². The van der Waals surface area contributed by atoms with Crippen LogP contribution < -0.4 is 4.74 Å². The number of hydrogen-bond donors (Lipinski definition) is 0. The largest absolute Gasteiger partial charge is 2.00 e. The van der Waals surface area contributed by atoms with Gasteiger partial charge in [0.2, 0.25) is 0 Å². The first-order chi connectivity index (χ1) is 23.0. The summed E-state index contributed by atoms with van der Waals surface area (Å²) < 4.78 is 10.8. The quantitative estimate of drug-likeness (QED) is 0.0966. The van der Waals surface area contributed by atoms with Gasteiger partial charge in [-0.15, -0.1) is 35.7 Å². The molecule has 0 amide bonds. The first kappa shape index (κ1) is 33.4. The molecule has 4 aromatic carbocycles. The number of fused-ring (bicyclic) bond motifs is 3. The summed E-state index contributed by atoms with van der Waals surface area (Å²) in [5.41, 5.74) is 8.83. The molecular formula is C42H40N4OPt. The smallest absolute Gasteiger partial charge is 0.509 e. The van der Waals surface area contributed by atoms with Gasteiger partial charge in [0, 0.05) is 34.5 Å². The molecule has 0 saturated heterocycles. The Bertz CT molecular complexity index is 2160. The molecule has 0 aliphatic rings. The van der Waals surface area contributed by atoms with E-state index in [1.165, 1.54) is 36.1 Å². The molecule has 6 heteroatoms. The molecule has 0 bridgehead atoms. The zero-order valence-electron chi connectivity index (χ0n) is 27.9. The fourth-order valence-electron chi connectivity index (χ4n) is 6.50. The Labute approximate surface area is 297 Å². The second-order valence-electron chi connectivity index (χ2n) is 12.6. The molecule has 0 atom stereocenters. The normalized spacial score (nSPS) is 11.4. The van der Waals surface area contributed by atoms with Gasteiger partial charge in [-0.25, -0.2) is 4.98 Å². The average Bonchev–Trinajstić information content (AvgIpc) is 3.63. The minimum Gasteiger partial charge on any atom is -0.509 e. The molecule has 0 unspecified atom stereocenters. The second-order valence-corrected chi connectivity index (χ2v) is 12.6. The summed E-state index contributed by atoms with van der Waals surface area (Å²) in [5, 5.41) is 7.49. The van der Waals surface area contributed by atoms with E-state index >= 15 is 0 Å². The third kappa shape index (κ3) is 6.62. The third-order valence-corrected chi connectivity index (χ3v) is 8.77. The Morgan fingerprint density at radius 1 is 0.792 bits per heavy atom. The van der Waals surface area contributed by atoms with Crippen LogP contribution in [-0.2, 0) is 27.5 Å². The molecule has 0 radical (unpaired) electrons. The standard InChI is InChI=1S/C42H40N4O.Pt/c1-5-6-7-11-21-38-41(31-15-9-8-10-16-31)42(29(2)3)44-46(38)32-17-14-18-33(27-32)47-34-22-23-36-35-19-12-13-20-37(35)45(39(36)28-34)40-26-30(4)24-25-43-40;/h8-10,12-20,22-26,29H,5-7,11,21H2,1-4H3;/q-2;+2. The van der Waals surface area contributed by atoms with E-state index < -0.39 is 0 Å². The Morgan fingerprint density at radius 3 is 2.38 bits per heavy atom. The maximum atomic E-state index is 6.50. The molecule has 244 valence electrons. The predicted octanol–water partition coefficient (Wildman–Crippen LogP) is 11.0. The van der Waals surface area contributed by atoms with Crippen molar-refractivity contribution < 1.29 is 25.8 Å². The topological polar surface area (TPSA) is 44.9 Å². The van der Waals surface area contributed by atoms with E-state index in [4.69, 9.17) is 14.8 Å². The van der Waals surface area contributed by atoms with Gasteiger partial charge in [0.05, 0.1) is 5.69 Å². The Hall–Kier alpha value is -4.47. The second kappa shape index (κ2) is 14.7. The van der Waals surface area contributed by atoms with Crippen molar-refractivity contribution in [2.75, 3.05) is 0 Å². The molecule has 5 nitrogen and oxygen atoms in total. The van der Waals surface area contributed by atoms with Crippen LogP contribution in [0, 0.1) is 19.1 Å². The van der Waals surface area contributed by atoms with Gasteiger partial charge in [0.25, 0.3) is 0 Å². The zero-order valence-corrected chi connectivity index (χ0v) is 30.2. The van der Waals surface area contributed by atoms with Crippen LogP contribution in [0.1, 0.15) is 69.3 Å². The van der Waals surface area contributed by atoms with E-state index in [0.717, 1.165) is 57.4 Å². The van der Waals surface area contributed by atoms with Crippen molar-refractivity contribution in [1.82, 2.24) is 19.3 Å². The average molecular weight is 812 g/mol. The number of para-hydroxylation sites is 1. The van der Waals surface area contributed by atoms with E-state index in [2.05, 4.69) is 122 Å². The van der Waals surface area contributed by atoms with Crippen molar-refractivity contribution in [2.45, 2.75) is 65.7 Å². The van der Waals surface area contributed by atoms with Gasteiger partial charge in [0.1, 0.15) is 5.82 Å². The van der Waals surface area contributed by atoms with Gasteiger partial charge >= 0.3 is 21.1 Å². The fraction of sp³-hybridized carbons (Fsp3) is 0.238. The summed E-state index contributed by atoms with van der Waals surface area (Å²) in [5.74, 6) is 2.37. The number of pyridine rings is 1. The van der Waals surface area contributed by atoms with Gasteiger partial charge in [-0.1, -0.05) is 94.1 Å². The van der Waals surface area contributed by atoms with E-state index in [1.54, 1.807) is 0 Å². The van der Waals surface area contributed by atoms with Gasteiger partial charge in [0.15, 0.2) is 0 Å². The van der Waals surface area contributed by atoms with Crippen LogP contribution >= 0.6 is 0 Å². The van der Waals surface area contributed by atoms with Crippen LogP contribution in [0.2, 0.25) is 0 Å². The van der Waals surface area contributed by atoms with Gasteiger partial charge in [-0.05, 0) is 66.1 Å². The maximum absolute atomic E-state index is 6.50. The Kier molecular flexibility index (Phi) is 10.3. The summed E-state index contributed by atoms with van der Waals surface area (Å²) in [7, 11) is 0. The minimum absolute atomic E-state index is 0. The first-order valence-electron chi connectivity index (χ1n) is 16.8. The van der Waals surface area contributed by atoms with Gasteiger partial charge < -0.3 is 9.30 Å². The Morgan fingerprint density at radius 2 is 1.58 bits per heavy atom. The van der Waals surface area contributed by atoms with E-state index in [1.807, 2.05) is 30.5 Å². The van der Waals surface area contributed by atoms with E-state index in [-0.39, 0.29) is 27.0 Å². The molecule has 0 aliphatic heterocycles. The molecule has 3 aromatic heterocycles. The minimum atomic E-state index is 0. The van der Waals surface area contributed by atoms with Crippen LogP contribution in [-0.4, -0.2) is 19.3 Å². The van der Waals surface area contributed by atoms with Crippen LogP contribution in [0.4, 0.5) is 0 Å². The number of rotatable bonds is 11. The van der Waals surface area contributed by atoms with Crippen molar-refractivity contribution in [2.24, 2.45) is 0 Å². The van der Waals surface area contributed by atoms with E-state index in [0.29, 0.717) is 11.5 Å². The van der Waals surface area contributed by atoms with Crippen molar-refractivity contribution in [3.8, 4) is 34.1 Å². The molecule has 0 spiro atoms. The predicted molar refractivity (Wildman–Crippen MR) is 192 cm³/mol. The number of ether oxygens (including phenoxy) is 1. The summed E-state index contributed by atoms with van der Waals surface area (Å²) in [6.07, 6.45) is 7.57. The molecular weight excluding hydrogens is 772 g/mol. The molecule has 48 heavy (non-hydrogen) atoms. The number of aryl methyl sites for hydroxylation is 1. The van der Waals surface area contributed by atoms with Gasteiger partial charge in [-0.3, -0.25) is 4.68 Å². The Balaban J connectivity index is 0.00000401. The molecule has 0 saturated carbocycles. The van der Waals surface area contributed by atoms with Crippen LogP contribution in [0.3, 0.4) is 0 Å². The van der Waals surface area contributed by atoms with E-state index in [9.17, 15) is 0 Å². The molecule has 0 fully saturated rings. The monoisotopic (exact) mass is 811 g/mol. The van der Waals surface area contributed by atoms with Crippen LogP contribution in [0.5, 0.6) is 11.5 Å². The molecule has 7 aromatic rings. The zero-order chi connectivity index (χ0) is 32.3. The molecule has 3 heterocycles. The van der Waals surface area contributed by atoms with Crippen molar-refractivity contribution >= 4 is 21.8 Å². The summed E-state index contributed by atoms with van der Waals surface area (Å²) in [6.45, 7) is 8.79. The first-order valence-corrected chi connectivity index (χ1v) is 16.8.